The number of nitro benzene ring substituents is 1. The largest absolute Gasteiger partial charge is 0.357 e. The second-order valence-electron chi connectivity index (χ2n) is 3.75. The van der Waals surface area contributed by atoms with Gasteiger partial charge in [0.15, 0.2) is 5.96 Å². The van der Waals surface area contributed by atoms with E-state index in [9.17, 15) is 10.1 Å². The highest BCUT2D eigenvalue weighted by atomic mass is 16.6. The van der Waals surface area contributed by atoms with Crippen molar-refractivity contribution in [1.82, 2.24) is 10.6 Å². The third-order valence-electron chi connectivity index (χ3n) is 2.35. The molecule has 0 heterocycles. The van der Waals surface area contributed by atoms with E-state index >= 15 is 0 Å². The van der Waals surface area contributed by atoms with Crippen molar-refractivity contribution in [2.45, 2.75) is 13.5 Å². The maximum absolute atomic E-state index is 10.9. The van der Waals surface area contributed by atoms with Crippen molar-refractivity contribution in [3.8, 4) is 0 Å². The molecule has 0 fully saturated rings. The molecule has 1 rings (SSSR count). The fraction of sp³-hybridized carbons (Fsp3) is 0.308. The summed E-state index contributed by atoms with van der Waals surface area (Å²) in [4.78, 5) is 14.8. The number of para-hydroxylation sites is 1. The Morgan fingerprint density at radius 3 is 2.84 bits per heavy atom. The summed E-state index contributed by atoms with van der Waals surface area (Å²) in [5.41, 5.74) is 0.675. The maximum atomic E-state index is 10.9. The molecule has 19 heavy (non-hydrogen) atoms. The normalized spacial score (nSPS) is 10.9. The first-order valence-corrected chi connectivity index (χ1v) is 6.04. The number of aliphatic imine (C=N–C) groups is 1. The Balaban J connectivity index is 2.81. The van der Waals surface area contributed by atoms with Gasteiger partial charge in [-0.1, -0.05) is 24.3 Å². The standard InChI is InChI=1S/C13H18N4O2/c1-3-9-15-13(14-4-2)16-10-11-7-5-6-8-12(11)17(18)19/h3,5-8H,1,4,9-10H2,2H3,(H2,14,15,16). The van der Waals surface area contributed by atoms with Gasteiger partial charge in [0.25, 0.3) is 5.69 Å². The van der Waals surface area contributed by atoms with Crippen molar-refractivity contribution in [2.24, 2.45) is 4.99 Å². The summed E-state index contributed by atoms with van der Waals surface area (Å²) in [7, 11) is 0. The molecular weight excluding hydrogens is 244 g/mol. The SMILES string of the molecule is C=CCNC(=NCc1ccccc1[N+](=O)[O-])NCC. The number of nitro groups is 1. The summed E-state index contributed by atoms with van der Waals surface area (Å²) in [5.74, 6) is 0.612. The van der Waals surface area contributed by atoms with Gasteiger partial charge in [-0.25, -0.2) is 4.99 Å². The van der Waals surface area contributed by atoms with Gasteiger partial charge in [0.1, 0.15) is 0 Å². The lowest BCUT2D eigenvalue weighted by Crippen LogP contribution is -2.37. The molecule has 0 aliphatic heterocycles. The fourth-order valence-electron chi connectivity index (χ4n) is 1.50. The first-order valence-electron chi connectivity index (χ1n) is 6.04. The lowest BCUT2D eigenvalue weighted by molar-refractivity contribution is -0.385. The Labute approximate surface area is 112 Å². The van der Waals surface area contributed by atoms with Crippen LogP contribution in [0.5, 0.6) is 0 Å². The molecule has 1 aromatic carbocycles. The van der Waals surface area contributed by atoms with E-state index in [2.05, 4.69) is 22.2 Å². The van der Waals surface area contributed by atoms with Gasteiger partial charge in [-0.15, -0.1) is 6.58 Å². The van der Waals surface area contributed by atoms with Crippen molar-refractivity contribution in [2.75, 3.05) is 13.1 Å². The van der Waals surface area contributed by atoms with E-state index in [1.54, 1.807) is 24.3 Å². The lowest BCUT2D eigenvalue weighted by Gasteiger charge is -2.09. The smallest absolute Gasteiger partial charge is 0.274 e. The number of hydrogen-bond acceptors (Lipinski definition) is 3. The minimum absolute atomic E-state index is 0.0887. The second-order valence-corrected chi connectivity index (χ2v) is 3.75. The van der Waals surface area contributed by atoms with Gasteiger partial charge in [0.05, 0.1) is 17.0 Å². The quantitative estimate of drug-likeness (QED) is 0.269. The average molecular weight is 262 g/mol. The Hall–Kier alpha value is -2.37. The molecule has 0 atom stereocenters. The van der Waals surface area contributed by atoms with Crippen LogP contribution in [-0.2, 0) is 6.54 Å². The Bertz CT molecular complexity index is 471. The number of nitrogens with zero attached hydrogens (tertiary/aromatic N) is 2. The van der Waals surface area contributed by atoms with Gasteiger partial charge in [0, 0.05) is 19.2 Å². The van der Waals surface area contributed by atoms with Crippen LogP contribution in [-0.4, -0.2) is 24.0 Å². The van der Waals surface area contributed by atoms with E-state index in [0.717, 1.165) is 6.54 Å². The van der Waals surface area contributed by atoms with Gasteiger partial charge >= 0.3 is 0 Å². The van der Waals surface area contributed by atoms with Crippen LogP contribution in [0.2, 0.25) is 0 Å². The highest BCUT2D eigenvalue weighted by Crippen LogP contribution is 2.18. The van der Waals surface area contributed by atoms with E-state index < -0.39 is 4.92 Å². The van der Waals surface area contributed by atoms with E-state index in [-0.39, 0.29) is 12.2 Å². The van der Waals surface area contributed by atoms with Crippen molar-refractivity contribution in [3.63, 3.8) is 0 Å². The first-order chi connectivity index (χ1) is 9.19. The minimum atomic E-state index is -0.394. The molecule has 2 N–H and O–H groups in total. The summed E-state index contributed by atoms with van der Waals surface area (Å²) >= 11 is 0. The van der Waals surface area contributed by atoms with Gasteiger partial charge < -0.3 is 10.6 Å². The molecule has 1 aromatic rings. The van der Waals surface area contributed by atoms with Crippen LogP contribution in [0.15, 0.2) is 41.9 Å². The van der Waals surface area contributed by atoms with Crippen LogP contribution < -0.4 is 10.6 Å². The molecule has 102 valence electrons. The van der Waals surface area contributed by atoms with Crippen molar-refractivity contribution >= 4 is 11.6 Å². The van der Waals surface area contributed by atoms with E-state index in [4.69, 9.17) is 0 Å². The Kier molecular flexibility index (Phi) is 6.08. The number of nitrogens with one attached hydrogen (secondary N) is 2. The Morgan fingerprint density at radius 2 is 2.21 bits per heavy atom. The zero-order valence-electron chi connectivity index (χ0n) is 10.9. The third kappa shape index (κ3) is 4.79. The average Bonchev–Trinajstić information content (AvgIpc) is 2.42. The van der Waals surface area contributed by atoms with Crippen LogP contribution in [0, 0.1) is 10.1 Å². The predicted molar refractivity (Wildman–Crippen MR) is 76.1 cm³/mol. The van der Waals surface area contributed by atoms with Crippen LogP contribution >= 0.6 is 0 Å². The molecule has 0 radical (unpaired) electrons. The highest BCUT2D eigenvalue weighted by molar-refractivity contribution is 5.79. The number of guanidine groups is 1. The zero-order chi connectivity index (χ0) is 14.1. The first kappa shape index (κ1) is 14.7. The molecule has 0 saturated carbocycles. The summed E-state index contributed by atoms with van der Waals surface area (Å²) in [6.07, 6.45) is 1.72. The lowest BCUT2D eigenvalue weighted by atomic mass is 10.2. The van der Waals surface area contributed by atoms with Crippen LogP contribution in [0.25, 0.3) is 0 Å². The van der Waals surface area contributed by atoms with Gasteiger partial charge in [-0.3, -0.25) is 10.1 Å². The molecule has 0 unspecified atom stereocenters. The molecule has 6 nitrogen and oxygen atoms in total. The summed E-state index contributed by atoms with van der Waals surface area (Å²) in [6, 6.07) is 6.60. The molecule has 6 heteroatoms. The zero-order valence-corrected chi connectivity index (χ0v) is 10.9. The molecule has 0 aliphatic rings. The number of rotatable bonds is 6. The van der Waals surface area contributed by atoms with Crippen molar-refractivity contribution < 1.29 is 4.92 Å². The predicted octanol–water partition coefficient (Wildman–Crippen LogP) is 1.84. The minimum Gasteiger partial charge on any atom is -0.357 e. The molecule has 0 saturated heterocycles. The molecule has 0 bridgehead atoms. The highest BCUT2D eigenvalue weighted by Gasteiger charge is 2.11. The summed E-state index contributed by atoms with van der Waals surface area (Å²) in [6.45, 7) is 7.13. The maximum Gasteiger partial charge on any atom is 0.274 e. The van der Waals surface area contributed by atoms with Crippen LogP contribution in [0.1, 0.15) is 12.5 Å². The second kappa shape index (κ2) is 7.86. The fourth-order valence-corrected chi connectivity index (χ4v) is 1.50. The van der Waals surface area contributed by atoms with Crippen LogP contribution in [0.3, 0.4) is 0 Å². The molecular formula is C13H18N4O2. The third-order valence-corrected chi connectivity index (χ3v) is 2.35. The van der Waals surface area contributed by atoms with E-state index in [0.29, 0.717) is 18.1 Å². The van der Waals surface area contributed by atoms with Crippen molar-refractivity contribution in [1.29, 1.82) is 0 Å². The summed E-state index contributed by atoms with van der Waals surface area (Å²) in [5, 5.41) is 17.0. The molecule has 0 amide bonds. The number of benzene rings is 1. The van der Waals surface area contributed by atoms with Crippen LogP contribution in [0.4, 0.5) is 5.69 Å². The Morgan fingerprint density at radius 1 is 1.47 bits per heavy atom. The summed E-state index contributed by atoms with van der Waals surface area (Å²) < 4.78 is 0. The topological polar surface area (TPSA) is 79.6 Å². The van der Waals surface area contributed by atoms with Gasteiger partial charge in [-0.2, -0.15) is 0 Å². The van der Waals surface area contributed by atoms with E-state index in [1.807, 2.05) is 6.92 Å². The molecule has 0 aliphatic carbocycles. The monoisotopic (exact) mass is 262 g/mol. The van der Waals surface area contributed by atoms with E-state index in [1.165, 1.54) is 6.07 Å². The molecule has 0 aromatic heterocycles. The van der Waals surface area contributed by atoms with Gasteiger partial charge in [0.2, 0.25) is 0 Å². The van der Waals surface area contributed by atoms with Crippen molar-refractivity contribution in [3.05, 3.63) is 52.6 Å². The number of hydrogen-bond donors (Lipinski definition) is 2. The molecule has 0 spiro atoms. The van der Waals surface area contributed by atoms with Gasteiger partial charge in [-0.05, 0) is 6.92 Å².